The summed E-state index contributed by atoms with van der Waals surface area (Å²) in [6.07, 6.45) is 4.98. The van der Waals surface area contributed by atoms with Crippen LogP contribution in [0.25, 0.3) is 11.3 Å². The Morgan fingerprint density at radius 1 is 1.19 bits per heavy atom. The summed E-state index contributed by atoms with van der Waals surface area (Å²) in [5.74, 6) is 0.333. The molecule has 3 aromatic rings. The maximum atomic E-state index is 12.4. The van der Waals surface area contributed by atoms with Gasteiger partial charge in [-0.2, -0.15) is 5.10 Å². The second-order valence-electron chi connectivity index (χ2n) is 7.34. The van der Waals surface area contributed by atoms with Crippen LogP contribution in [0.15, 0.2) is 47.8 Å². The van der Waals surface area contributed by atoms with Crippen LogP contribution in [-0.4, -0.2) is 65.3 Å². The molecule has 1 fully saturated rings. The van der Waals surface area contributed by atoms with Crippen molar-refractivity contribution in [3.63, 3.8) is 0 Å². The Morgan fingerprint density at radius 2 is 1.91 bits per heavy atom. The molecule has 0 unspecified atom stereocenters. The van der Waals surface area contributed by atoms with Gasteiger partial charge in [0.1, 0.15) is 6.54 Å². The van der Waals surface area contributed by atoms with Crippen LogP contribution in [0.5, 0.6) is 0 Å². The van der Waals surface area contributed by atoms with Gasteiger partial charge in [0.2, 0.25) is 21.9 Å². The van der Waals surface area contributed by atoms with E-state index >= 15 is 0 Å². The highest BCUT2D eigenvalue weighted by molar-refractivity contribution is 7.89. The number of nitrogens with two attached hydrogens (primary N) is 1. The van der Waals surface area contributed by atoms with E-state index in [0.29, 0.717) is 43.6 Å². The first-order valence-electron chi connectivity index (χ1n) is 9.91. The van der Waals surface area contributed by atoms with Crippen LogP contribution in [-0.2, 0) is 26.1 Å². The standard InChI is InChI=1S/C20H23N7O4S/c1-14-10-22-20(25-19(14)15-2-4-17(5-3-15)32(21,29)30)24-16-11-23-27(12-16)13-18(28)26-6-8-31-9-7-26/h2-5,10-12H,6-9,13H2,1H3,(H2,21,29,30)(H,22,24,25). The Balaban J connectivity index is 1.47. The van der Waals surface area contributed by atoms with Crippen molar-refractivity contribution in [3.05, 3.63) is 48.4 Å². The second kappa shape index (κ2) is 9.02. The van der Waals surface area contributed by atoms with E-state index in [0.717, 1.165) is 11.1 Å². The Labute approximate surface area is 185 Å². The molecule has 1 aliphatic rings. The van der Waals surface area contributed by atoms with E-state index in [9.17, 15) is 13.2 Å². The highest BCUT2D eigenvalue weighted by Crippen LogP contribution is 2.24. The number of hydrogen-bond donors (Lipinski definition) is 2. The number of sulfonamides is 1. The summed E-state index contributed by atoms with van der Waals surface area (Å²) in [4.78, 5) is 23.0. The smallest absolute Gasteiger partial charge is 0.244 e. The summed E-state index contributed by atoms with van der Waals surface area (Å²) in [6, 6.07) is 6.17. The predicted octanol–water partition coefficient (Wildman–Crippen LogP) is 0.898. The Bertz CT molecular complexity index is 1220. The number of aromatic nitrogens is 4. The van der Waals surface area contributed by atoms with Crippen LogP contribution in [0.2, 0.25) is 0 Å². The normalized spacial score (nSPS) is 14.4. The molecule has 3 N–H and O–H groups in total. The number of carbonyl (C=O) groups excluding carboxylic acids is 1. The number of rotatable bonds is 6. The first-order valence-corrected chi connectivity index (χ1v) is 11.5. The van der Waals surface area contributed by atoms with E-state index in [-0.39, 0.29) is 17.3 Å². The lowest BCUT2D eigenvalue weighted by molar-refractivity contribution is -0.136. The lowest BCUT2D eigenvalue weighted by atomic mass is 10.1. The van der Waals surface area contributed by atoms with Crippen LogP contribution < -0.4 is 10.5 Å². The van der Waals surface area contributed by atoms with Gasteiger partial charge in [-0.25, -0.2) is 23.5 Å². The minimum atomic E-state index is -3.76. The van der Waals surface area contributed by atoms with E-state index in [2.05, 4.69) is 20.4 Å². The van der Waals surface area contributed by atoms with Crippen LogP contribution >= 0.6 is 0 Å². The first kappa shape index (κ1) is 21.9. The fourth-order valence-corrected chi connectivity index (χ4v) is 3.81. The lowest BCUT2D eigenvalue weighted by Gasteiger charge is -2.26. The minimum absolute atomic E-state index is 0.0141. The molecule has 0 aliphatic carbocycles. The molecule has 0 saturated carbocycles. The quantitative estimate of drug-likeness (QED) is 0.555. The van der Waals surface area contributed by atoms with Crippen LogP contribution in [0.4, 0.5) is 11.6 Å². The highest BCUT2D eigenvalue weighted by atomic mass is 32.2. The largest absolute Gasteiger partial charge is 0.378 e. The average molecular weight is 458 g/mol. The molecule has 1 aromatic carbocycles. The number of morpholine rings is 1. The van der Waals surface area contributed by atoms with Crippen LogP contribution in [0, 0.1) is 6.92 Å². The summed E-state index contributed by atoms with van der Waals surface area (Å²) in [6.45, 7) is 4.28. The number of anilines is 2. The van der Waals surface area contributed by atoms with Gasteiger partial charge in [0.25, 0.3) is 0 Å². The molecule has 32 heavy (non-hydrogen) atoms. The van der Waals surface area contributed by atoms with Crippen molar-refractivity contribution in [2.24, 2.45) is 5.14 Å². The molecule has 0 bridgehead atoms. The van der Waals surface area contributed by atoms with Gasteiger partial charge < -0.3 is 15.0 Å². The van der Waals surface area contributed by atoms with Gasteiger partial charge in [0.05, 0.1) is 35.7 Å². The zero-order valence-electron chi connectivity index (χ0n) is 17.4. The Morgan fingerprint density at radius 3 is 2.59 bits per heavy atom. The molecule has 0 spiro atoms. The van der Waals surface area contributed by atoms with Crippen molar-refractivity contribution in [3.8, 4) is 11.3 Å². The summed E-state index contributed by atoms with van der Waals surface area (Å²) in [5, 5.41) is 12.5. The molecule has 1 amide bonds. The third kappa shape index (κ3) is 5.10. The number of hydrogen-bond acceptors (Lipinski definition) is 8. The topological polar surface area (TPSA) is 145 Å². The van der Waals surface area contributed by atoms with Gasteiger partial charge in [0.15, 0.2) is 0 Å². The van der Waals surface area contributed by atoms with Gasteiger partial charge in [-0.3, -0.25) is 9.48 Å². The lowest BCUT2D eigenvalue weighted by Crippen LogP contribution is -2.42. The van der Waals surface area contributed by atoms with Gasteiger partial charge in [-0.15, -0.1) is 0 Å². The second-order valence-corrected chi connectivity index (χ2v) is 8.90. The average Bonchev–Trinajstić information content (AvgIpc) is 3.22. The highest BCUT2D eigenvalue weighted by Gasteiger charge is 2.17. The molecule has 12 heteroatoms. The maximum absolute atomic E-state index is 12.4. The van der Waals surface area contributed by atoms with Crippen molar-refractivity contribution >= 4 is 27.6 Å². The van der Waals surface area contributed by atoms with Crippen molar-refractivity contribution in [1.82, 2.24) is 24.6 Å². The predicted molar refractivity (Wildman–Crippen MR) is 116 cm³/mol. The van der Waals surface area contributed by atoms with Gasteiger partial charge in [-0.1, -0.05) is 12.1 Å². The van der Waals surface area contributed by atoms with Crippen molar-refractivity contribution in [1.29, 1.82) is 0 Å². The molecule has 168 valence electrons. The van der Waals surface area contributed by atoms with Crippen molar-refractivity contribution < 1.29 is 17.9 Å². The zero-order chi connectivity index (χ0) is 22.7. The van der Waals surface area contributed by atoms with E-state index in [1.807, 2.05) is 6.92 Å². The molecule has 0 radical (unpaired) electrons. The molecule has 1 saturated heterocycles. The molecule has 3 heterocycles. The summed E-state index contributed by atoms with van der Waals surface area (Å²) >= 11 is 0. The maximum Gasteiger partial charge on any atom is 0.244 e. The molecule has 11 nitrogen and oxygen atoms in total. The van der Waals surface area contributed by atoms with E-state index in [1.54, 1.807) is 40.3 Å². The summed E-state index contributed by atoms with van der Waals surface area (Å²) in [7, 11) is -3.76. The SMILES string of the molecule is Cc1cnc(Nc2cnn(CC(=O)N3CCOCC3)c2)nc1-c1ccc(S(N)(=O)=O)cc1. The number of carbonyl (C=O) groups is 1. The number of amides is 1. The van der Waals surface area contributed by atoms with Crippen molar-refractivity contribution in [2.45, 2.75) is 18.4 Å². The number of aryl methyl sites for hydroxylation is 1. The first-order chi connectivity index (χ1) is 15.3. The summed E-state index contributed by atoms with van der Waals surface area (Å²) in [5.41, 5.74) is 2.84. The summed E-state index contributed by atoms with van der Waals surface area (Å²) < 4.78 is 29.8. The van der Waals surface area contributed by atoms with Gasteiger partial charge >= 0.3 is 0 Å². The monoisotopic (exact) mass is 457 g/mol. The van der Waals surface area contributed by atoms with Gasteiger partial charge in [0, 0.05) is 31.0 Å². The zero-order valence-corrected chi connectivity index (χ0v) is 18.2. The van der Waals surface area contributed by atoms with Gasteiger partial charge in [-0.05, 0) is 24.6 Å². The fraction of sp³-hybridized carbons (Fsp3) is 0.300. The molecule has 1 aliphatic heterocycles. The Kier molecular flexibility index (Phi) is 6.17. The molecular weight excluding hydrogens is 434 g/mol. The Hall–Kier alpha value is -3.35. The third-order valence-electron chi connectivity index (χ3n) is 4.98. The number of primary sulfonamides is 1. The number of benzene rings is 1. The number of nitrogens with zero attached hydrogens (tertiary/aromatic N) is 5. The van der Waals surface area contributed by atoms with Crippen molar-refractivity contribution in [2.75, 3.05) is 31.6 Å². The van der Waals surface area contributed by atoms with E-state index in [1.165, 1.54) is 12.1 Å². The molecule has 2 aromatic heterocycles. The molecule has 0 atom stereocenters. The van der Waals surface area contributed by atoms with E-state index < -0.39 is 10.0 Å². The number of nitrogens with one attached hydrogen (secondary N) is 1. The van der Waals surface area contributed by atoms with Crippen LogP contribution in [0.3, 0.4) is 0 Å². The number of ether oxygens (including phenoxy) is 1. The van der Waals surface area contributed by atoms with E-state index in [4.69, 9.17) is 9.88 Å². The molecule has 4 rings (SSSR count). The van der Waals surface area contributed by atoms with Crippen LogP contribution in [0.1, 0.15) is 5.56 Å². The fourth-order valence-electron chi connectivity index (χ4n) is 3.29. The molecular formula is C20H23N7O4S. The minimum Gasteiger partial charge on any atom is -0.378 e. The third-order valence-corrected chi connectivity index (χ3v) is 5.91.